The molecule has 1 aliphatic carbocycles. The highest BCUT2D eigenvalue weighted by Gasteiger charge is 2.39. The Bertz CT molecular complexity index is 1200. The number of methoxy groups -OCH3 is 4. The maximum Gasteiger partial charge on any atom is 0.333 e. The molecule has 194 valence electrons. The fourth-order valence-electron chi connectivity index (χ4n) is 4.96. The van der Waals surface area contributed by atoms with Gasteiger partial charge in [0.1, 0.15) is 6.10 Å². The van der Waals surface area contributed by atoms with Gasteiger partial charge in [-0.25, -0.2) is 4.79 Å². The summed E-state index contributed by atoms with van der Waals surface area (Å²) < 4.78 is 41.0. The smallest absolute Gasteiger partial charge is 0.333 e. The van der Waals surface area contributed by atoms with Gasteiger partial charge in [-0.2, -0.15) is 0 Å². The van der Waals surface area contributed by atoms with Crippen LogP contribution in [0, 0.1) is 11.8 Å². The third kappa shape index (κ3) is 4.08. The van der Waals surface area contributed by atoms with Crippen LogP contribution in [0.4, 0.5) is 0 Å². The van der Waals surface area contributed by atoms with E-state index in [-0.39, 0.29) is 24.6 Å². The highest BCUT2D eigenvalue weighted by atomic mass is 16.7. The van der Waals surface area contributed by atoms with E-state index in [2.05, 4.69) is 13.8 Å². The van der Waals surface area contributed by atoms with Crippen LogP contribution in [0.25, 0.3) is 11.1 Å². The molecule has 2 aromatic carbocycles. The lowest BCUT2D eigenvalue weighted by Gasteiger charge is -2.35. The molecular formula is C28H34O8. The number of fused-ring (bicyclic) bond motifs is 4. The average Bonchev–Trinajstić information content (AvgIpc) is 3.36. The van der Waals surface area contributed by atoms with Crippen molar-refractivity contribution in [2.24, 2.45) is 11.8 Å². The summed E-state index contributed by atoms with van der Waals surface area (Å²) in [6, 6.07) is 3.86. The van der Waals surface area contributed by atoms with Crippen LogP contribution in [0.2, 0.25) is 0 Å². The van der Waals surface area contributed by atoms with Gasteiger partial charge in [-0.1, -0.05) is 19.9 Å². The number of hydrogen-bond donors (Lipinski definition) is 0. The number of carbonyl (C=O) groups excluding carboxylic acids is 1. The van der Waals surface area contributed by atoms with Gasteiger partial charge in [-0.3, -0.25) is 0 Å². The van der Waals surface area contributed by atoms with Crippen LogP contribution >= 0.6 is 0 Å². The molecular weight excluding hydrogens is 464 g/mol. The van der Waals surface area contributed by atoms with Gasteiger partial charge in [0, 0.05) is 28.2 Å². The third-order valence-electron chi connectivity index (χ3n) is 7.23. The number of allylic oxidation sites excluding steroid dienone is 1. The summed E-state index contributed by atoms with van der Waals surface area (Å²) in [5.74, 6) is 2.78. The van der Waals surface area contributed by atoms with Crippen LogP contribution in [-0.2, 0) is 16.0 Å². The molecule has 3 atom stereocenters. The first kappa shape index (κ1) is 25.5. The molecule has 0 saturated carbocycles. The molecule has 2 aromatic rings. The summed E-state index contributed by atoms with van der Waals surface area (Å²) in [6.07, 6.45) is 1.85. The van der Waals surface area contributed by atoms with Gasteiger partial charge in [0.15, 0.2) is 23.0 Å². The second-order valence-corrected chi connectivity index (χ2v) is 9.13. The van der Waals surface area contributed by atoms with Crippen molar-refractivity contribution in [1.29, 1.82) is 0 Å². The normalized spacial score (nSPS) is 20.4. The Kier molecular flexibility index (Phi) is 7.24. The molecule has 0 unspecified atom stereocenters. The summed E-state index contributed by atoms with van der Waals surface area (Å²) in [6.45, 7) is 7.91. The van der Waals surface area contributed by atoms with Gasteiger partial charge in [0.05, 0.1) is 28.4 Å². The molecule has 8 nitrogen and oxygen atoms in total. The number of rotatable bonds is 6. The van der Waals surface area contributed by atoms with Crippen LogP contribution in [0.1, 0.15) is 44.9 Å². The Morgan fingerprint density at radius 2 is 1.64 bits per heavy atom. The first-order valence-electron chi connectivity index (χ1n) is 12.0. The van der Waals surface area contributed by atoms with E-state index in [1.54, 1.807) is 41.4 Å². The highest BCUT2D eigenvalue weighted by Crippen LogP contribution is 2.58. The van der Waals surface area contributed by atoms with Crippen molar-refractivity contribution in [2.75, 3.05) is 35.2 Å². The lowest BCUT2D eigenvalue weighted by atomic mass is 9.75. The fourth-order valence-corrected chi connectivity index (χ4v) is 4.96. The van der Waals surface area contributed by atoms with Gasteiger partial charge >= 0.3 is 5.97 Å². The summed E-state index contributed by atoms with van der Waals surface area (Å²) >= 11 is 0. The van der Waals surface area contributed by atoms with Crippen LogP contribution in [0.15, 0.2) is 23.8 Å². The van der Waals surface area contributed by atoms with Crippen LogP contribution in [0.5, 0.6) is 34.5 Å². The van der Waals surface area contributed by atoms with Crippen LogP contribution < -0.4 is 28.4 Å². The van der Waals surface area contributed by atoms with E-state index in [0.717, 1.165) is 16.7 Å². The Hall–Kier alpha value is -3.55. The van der Waals surface area contributed by atoms with Crippen LogP contribution in [-0.4, -0.2) is 41.2 Å². The second kappa shape index (κ2) is 10.2. The molecule has 0 aromatic heterocycles. The minimum Gasteiger partial charge on any atom is -0.493 e. The molecule has 0 fully saturated rings. The first-order chi connectivity index (χ1) is 17.3. The second-order valence-electron chi connectivity index (χ2n) is 9.13. The third-order valence-corrected chi connectivity index (χ3v) is 7.23. The van der Waals surface area contributed by atoms with Crippen molar-refractivity contribution >= 4 is 5.97 Å². The molecule has 8 heteroatoms. The molecule has 1 aliphatic heterocycles. The molecule has 36 heavy (non-hydrogen) atoms. The summed E-state index contributed by atoms with van der Waals surface area (Å²) in [4.78, 5) is 13.0. The number of ether oxygens (including phenoxy) is 7. The first-order valence-corrected chi connectivity index (χ1v) is 12.0. The van der Waals surface area contributed by atoms with E-state index in [1.165, 1.54) is 0 Å². The van der Waals surface area contributed by atoms with E-state index in [9.17, 15) is 4.79 Å². The standard InChI is InChI=1S/C28H34O8/c1-9-14(2)28(29)36-23-16(4)15(3)10-17-11-20-25(35-13-34-20)26(32-7)21(17)22-18(23)12-19(30-5)24(31-6)27(22)33-8/h9,11-12,15-16,23H,10,13H2,1-8H3/b14-9-/t15-,16-,23-/m0/s1. The Labute approximate surface area is 212 Å². The molecule has 0 N–H and O–H groups in total. The van der Waals surface area contributed by atoms with Gasteiger partial charge in [-0.15, -0.1) is 0 Å². The number of hydrogen-bond acceptors (Lipinski definition) is 8. The zero-order chi connectivity index (χ0) is 26.1. The van der Waals surface area contributed by atoms with Crippen molar-refractivity contribution in [2.45, 2.75) is 40.2 Å². The zero-order valence-electron chi connectivity index (χ0n) is 22.1. The predicted octanol–water partition coefficient (Wildman–Crippen LogP) is 5.50. The molecule has 4 rings (SSSR count). The molecule has 0 saturated heterocycles. The van der Waals surface area contributed by atoms with Crippen molar-refractivity contribution in [3.8, 4) is 45.6 Å². The van der Waals surface area contributed by atoms with Gasteiger partial charge in [0.2, 0.25) is 18.3 Å². The Balaban J connectivity index is 2.13. The van der Waals surface area contributed by atoms with Crippen molar-refractivity contribution < 1.29 is 38.0 Å². The molecule has 0 radical (unpaired) electrons. The highest BCUT2D eigenvalue weighted by molar-refractivity contribution is 5.90. The monoisotopic (exact) mass is 498 g/mol. The zero-order valence-corrected chi connectivity index (χ0v) is 22.1. The predicted molar refractivity (Wildman–Crippen MR) is 135 cm³/mol. The lowest BCUT2D eigenvalue weighted by Crippen LogP contribution is -2.27. The van der Waals surface area contributed by atoms with Gasteiger partial charge in [0.25, 0.3) is 0 Å². The lowest BCUT2D eigenvalue weighted by molar-refractivity contribution is -0.148. The molecule has 2 aliphatic rings. The van der Waals surface area contributed by atoms with E-state index in [0.29, 0.717) is 52.1 Å². The van der Waals surface area contributed by atoms with Crippen molar-refractivity contribution in [3.05, 3.63) is 34.9 Å². The van der Waals surface area contributed by atoms with E-state index in [1.807, 2.05) is 19.1 Å². The minimum atomic E-state index is -0.589. The van der Waals surface area contributed by atoms with Crippen molar-refractivity contribution in [3.63, 3.8) is 0 Å². The number of benzene rings is 2. The van der Waals surface area contributed by atoms with Gasteiger partial charge < -0.3 is 33.2 Å². The topological polar surface area (TPSA) is 81.7 Å². The van der Waals surface area contributed by atoms with E-state index < -0.39 is 6.10 Å². The molecule has 1 heterocycles. The molecule has 0 amide bonds. The average molecular weight is 499 g/mol. The molecule has 0 bridgehead atoms. The maximum absolute atomic E-state index is 13.0. The largest absolute Gasteiger partial charge is 0.493 e. The van der Waals surface area contributed by atoms with E-state index >= 15 is 0 Å². The SMILES string of the molecule is C/C=C(/C)C(=O)O[C@@H]1c2cc(OC)c(OC)c(OC)c2-c2c(cc3c(c2OC)OCO3)C[C@H](C)[C@@H]1C. The summed E-state index contributed by atoms with van der Waals surface area (Å²) in [5, 5.41) is 0. The number of esters is 1. The van der Waals surface area contributed by atoms with Crippen molar-refractivity contribution in [1.82, 2.24) is 0 Å². The van der Waals surface area contributed by atoms with Crippen LogP contribution in [0.3, 0.4) is 0 Å². The Morgan fingerprint density at radius 3 is 2.25 bits per heavy atom. The van der Waals surface area contributed by atoms with Gasteiger partial charge in [-0.05, 0) is 43.9 Å². The Morgan fingerprint density at radius 1 is 0.944 bits per heavy atom. The quantitative estimate of drug-likeness (QED) is 0.382. The minimum absolute atomic E-state index is 0.0373. The summed E-state index contributed by atoms with van der Waals surface area (Å²) in [5.41, 5.74) is 3.77. The number of carbonyl (C=O) groups is 1. The fraction of sp³-hybridized carbons (Fsp3) is 0.464. The maximum atomic E-state index is 13.0. The summed E-state index contributed by atoms with van der Waals surface area (Å²) in [7, 11) is 6.30. The van der Waals surface area contributed by atoms with E-state index in [4.69, 9.17) is 33.2 Å². The molecule has 0 spiro atoms.